The van der Waals surface area contributed by atoms with Crippen LogP contribution in [0.25, 0.3) is 0 Å². The van der Waals surface area contributed by atoms with Gasteiger partial charge in [0.2, 0.25) is 0 Å². The summed E-state index contributed by atoms with van der Waals surface area (Å²) in [4.78, 5) is 2.27. The van der Waals surface area contributed by atoms with Crippen molar-refractivity contribution in [3.8, 4) is 5.75 Å². The van der Waals surface area contributed by atoms with Gasteiger partial charge in [0.25, 0.3) is 0 Å². The van der Waals surface area contributed by atoms with Gasteiger partial charge in [-0.25, -0.2) is 0 Å². The molecule has 3 aliphatic rings. The zero-order valence-corrected chi connectivity index (χ0v) is 22.1. The number of para-hydroxylation sites is 1. The topological polar surface area (TPSA) is 95.5 Å². The highest BCUT2D eigenvalue weighted by molar-refractivity contribution is 6.54. The Morgan fingerprint density at radius 1 is 0.472 bits per heavy atom. The van der Waals surface area contributed by atoms with E-state index in [4.69, 9.17) is 46.1 Å². The van der Waals surface area contributed by atoms with Crippen LogP contribution in [0.2, 0.25) is 0 Å². The van der Waals surface area contributed by atoms with Crippen LogP contribution in [0, 0.1) is 0 Å². The second-order valence-corrected chi connectivity index (χ2v) is 10.0. The van der Waals surface area contributed by atoms with E-state index < -0.39 is 9.05 Å². The molecule has 3 heterocycles. The zero-order chi connectivity index (χ0) is 25.0. The number of ether oxygens (including phenoxy) is 6. The molecule has 2 bridgehead atoms. The minimum absolute atomic E-state index is 0.246. The number of nitrogens with zero attached hydrogens (tertiary/aromatic N) is 1. The lowest BCUT2D eigenvalue weighted by Crippen LogP contribution is -2.53. The predicted octanol–water partition coefficient (Wildman–Crippen LogP) is 0.980. The lowest BCUT2D eigenvalue weighted by Gasteiger charge is -2.28. The standard InChI is InChI=1S/C24H41NO10Si/c1-2-4-24(5-3-1)35-36-32-21-18-29-15-12-26-9-6-25(7-10-27-13-16-30-19-22-33-36)8-11-28-14-17-31-20-23-34-36/h1-5H,6-23H2. The smallest absolute Gasteiger partial charge is 0.480 e. The lowest BCUT2D eigenvalue weighted by atomic mass is 10.3. The quantitative estimate of drug-likeness (QED) is 0.404. The van der Waals surface area contributed by atoms with Crippen molar-refractivity contribution < 1.29 is 46.1 Å². The Morgan fingerprint density at radius 2 is 0.833 bits per heavy atom. The molecule has 4 rings (SSSR count). The second-order valence-electron chi connectivity index (χ2n) is 7.98. The molecular formula is C24H41NO10Si. The monoisotopic (exact) mass is 531 g/mol. The maximum Gasteiger partial charge on any atom is 0.749 e. The van der Waals surface area contributed by atoms with Crippen LogP contribution in [-0.2, 0) is 41.7 Å². The van der Waals surface area contributed by atoms with Crippen molar-refractivity contribution in [3.05, 3.63) is 30.3 Å². The number of hydrogen-bond donors (Lipinski definition) is 0. The molecule has 0 saturated carbocycles. The molecule has 11 nitrogen and oxygen atoms in total. The molecule has 36 heavy (non-hydrogen) atoms. The largest absolute Gasteiger partial charge is 0.749 e. The van der Waals surface area contributed by atoms with Crippen LogP contribution in [0.3, 0.4) is 0 Å². The molecule has 0 amide bonds. The average Bonchev–Trinajstić information content (AvgIpc) is 2.89. The van der Waals surface area contributed by atoms with Crippen LogP contribution >= 0.6 is 0 Å². The van der Waals surface area contributed by atoms with E-state index in [9.17, 15) is 0 Å². The highest BCUT2D eigenvalue weighted by Gasteiger charge is 2.48. The van der Waals surface area contributed by atoms with Gasteiger partial charge in [-0.1, -0.05) is 18.2 Å². The van der Waals surface area contributed by atoms with E-state index >= 15 is 0 Å². The van der Waals surface area contributed by atoms with Crippen molar-refractivity contribution in [3.63, 3.8) is 0 Å². The molecule has 3 fully saturated rings. The molecule has 0 atom stereocenters. The van der Waals surface area contributed by atoms with Gasteiger partial charge >= 0.3 is 9.05 Å². The average molecular weight is 532 g/mol. The van der Waals surface area contributed by atoms with Crippen molar-refractivity contribution in [2.75, 3.05) is 119 Å². The molecule has 1 aromatic rings. The normalized spacial score (nSPS) is 28.2. The van der Waals surface area contributed by atoms with Gasteiger partial charge in [0.15, 0.2) is 0 Å². The maximum atomic E-state index is 6.19. The summed E-state index contributed by atoms with van der Waals surface area (Å²) in [6.45, 7) is 8.93. The van der Waals surface area contributed by atoms with Gasteiger partial charge in [0, 0.05) is 19.6 Å². The van der Waals surface area contributed by atoms with E-state index in [0.29, 0.717) is 85.0 Å². The van der Waals surface area contributed by atoms with E-state index in [1.54, 1.807) is 0 Å². The van der Waals surface area contributed by atoms with Crippen LogP contribution in [0.1, 0.15) is 0 Å². The maximum absolute atomic E-state index is 6.19. The van der Waals surface area contributed by atoms with E-state index in [0.717, 1.165) is 19.6 Å². The Bertz CT molecular complexity index is 604. The fraction of sp³-hybridized carbons (Fsp3) is 0.750. The van der Waals surface area contributed by atoms with Crippen molar-refractivity contribution in [1.29, 1.82) is 0 Å². The summed E-state index contributed by atoms with van der Waals surface area (Å²) in [7, 11) is -3.59. The molecule has 0 spiro atoms. The van der Waals surface area contributed by atoms with Gasteiger partial charge in [-0.15, -0.1) is 0 Å². The zero-order valence-electron chi connectivity index (χ0n) is 21.1. The van der Waals surface area contributed by atoms with Gasteiger partial charge < -0.3 is 46.1 Å². The molecule has 1 aromatic carbocycles. The third-order valence-corrected chi connectivity index (χ3v) is 7.44. The first kappa shape index (κ1) is 29.4. The number of rotatable bonds is 2. The summed E-state index contributed by atoms with van der Waals surface area (Å²) in [5, 5.41) is 0. The summed E-state index contributed by atoms with van der Waals surface area (Å²) < 4.78 is 58.8. The number of benzene rings is 1. The van der Waals surface area contributed by atoms with E-state index in [-0.39, 0.29) is 19.8 Å². The van der Waals surface area contributed by atoms with Gasteiger partial charge in [0.1, 0.15) is 5.75 Å². The predicted molar refractivity (Wildman–Crippen MR) is 132 cm³/mol. The minimum atomic E-state index is -3.59. The summed E-state index contributed by atoms with van der Waals surface area (Å²) in [6, 6.07) is 9.35. The molecular weight excluding hydrogens is 490 g/mol. The van der Waals surface area contributed by atoms with E-state index in [2.05, 4.69) is 4.90 Å². The van der Waals surface area contributed by atoms with Gasteiger partial charge in [0.05, 0.1) is 99.1 Å². The molecule has 0 aromatic heterocycles. The van der Waals surface area contributed by atoms with Crippen molar-refractivity contribution in [1.82, 2.24) is 4.90 Å². The van der Waals surface area contributed by atoms with E-state index in [1.165, 1.54) is 0 Å². The lowest BCUT2D eigenvalue weighted by molar-refractivity contribution is -0.0496. The van der Waals surface area contributed by atoms with Crippen LogP contribution in [-0.4, -0.2) is 133 Å². The summed E-state index contributed by atoms with van der Waals surface area (Å²) >= 11 is 0. The SMILES string of the molecule is c1ccc(O[Si]23OCCOCCOCCN(CCOCCOCCO2)CCOCCOCCO3)cc1. The highest BCUT2D eigenvalue weighted by atomic mass is 28.4. The first-order valence-corrected chi connectivity index (χ1v) is 14.3. The molecule has 3 aliphatic heterocycles. The van der Waals surface area contributed by atoms with Crippen LogP contribution in [0.15, 0.2) is 30.3 Å². The third-order valence-electron chi connectivity index (χ3n) is 5.28. The van der Waals surface area contributed by atoms with Crippen LogP contribution in [0.4, 0.5) is 0 Å². The highest BCUT2D eigenvalue weighted by Crippen LogP contribution is 2.19. The molecule has 0 aliphatic carbocycles. The Balaban J connectivity index is 1.68. The first-order chi connectivity index (χ1) is 17.9. The fourth-order valence-electron chi connectivity index (χ4n) is 3.41. The molecule has 206 valence electrons. The minimum Gasteiger partial charge on any atom is -0.480 e. The molecule has 12 heteroatoms. The van der Waals surface area contributed by atoms with Crippen LogP contribution in [0.5, 0.6) is 5.75 Å². The molecule has 0 N–H and O–H groups in total. The van der Waals surface area contributed by atoms with Crippen LogP contribution < -0.4 is 4.43 Å². The van der Waals surface area contributed by atoms with Gasteiger partial charge in [-0.3, -0.25) is 4.90 Å². The molecule has 0 radical (unpaired) electrons. The second kappa shape index (κ2) is 19.0. The van der Waals surface area contributed by atoms with E-state index in [1.807, 2.05) is 30.3 Å². The molecule has 0 unspecified atom stereocenters. The number of hydrogen-bond acceptors (Lipinski definition) is 11. The summed E-state index contributed by atoms with van der Waals surface area (Å²) in [5.74, 6) is 0.597. The third kappa shape index (κ3) is 12.9. The Labute approximate surface area is 215 Å². The molecule has 3 saturated heterocycles. The summed E-state index contributed by atoms with van der Waals surface area (Å²) in [6.07, 6.45) is 0. The summed E-state index contributed by atoms with van der Waals surface area (Å²) in [5.41, 5.74) is 0. The van der Waals surface area contributed by atoms with Gasteiger partial charge in [-0.05, 0) is 12.1 Å². The van der Waals surface area contributed by atoms with Crippen molar-refractivity contribution >= 4 is 9.05 Å². The first-order valence-electron chi connectivity index (χ1n) is 12.7. The Hall–Kier alpha value is -1.16. The van der Waals surface area contributed by atoms with Gasteiger partial charge in [-0.2, -0.15) is 0 Å². The fourth-order valence-corrected chi connectivity index (χ4v) is 5.26. The number of fused-ring (bicyclic) bond motifs is 24. The van der Waals surface area contributed by atoms with Crippen molar-refractivity contribution in [2.24, 2.45) is 0 Å². The Kier molecular flexibility index (Phi) is 15.5. The Morgan fingerprint density at radius 3 is 1.25 bits per heavy atom. The van der Waals surface area contributed by atoms with Crippen molar-refractivity contribution in [2.45, 2.75) is 0 Å².